The fourth-order valence-corrected chi connectivity index (χ4v) is 3.25. The van der Waals surface area contributed by atoms with Gasteiger partial charge in [0.1, 0.15) is 0 Å². The summed E-state index contributed by atoms with van der Waals surface area (Å²) in [5.41, 5.74) is 0.413. The minimum Gasteiger partial charge on any atom is -0.316 e. The molecule has 0 aromatic heterocycles. The fourth-order valence-electron chi connectivity index (χ4n) is 3.25. The van der Waals surface area contributed by atoms with Crippen molar-refractivity contribution in [1.29, 1.82) is 0 Å². The van der Waals surface area contributed by atoms with Crippen LogP contribution >= 0.6 is 0 Å². The van der Waals surface area contributed by atoms with E-state index in [4.69, 9.17) is 0 Å². The lowest BCUT2D eigenvalue weighted by atomic mass is 9.86. The van der Waals surface area contributed by atoms with E-state index in [-0.39, 0.29) is 0 Å². The number of nitrogens with one attached hydrogen (secondary N) is 1. The van der Waals surface area contributed by atoms with Gasteiger partial charge in [0, 0.05) is 32.2 Å². The van der Waals surface area contributed by atoms with Crippen LogP contribution in [0.15, 0.2) is 0 Å². The van der Waals surface area contributed by atoms with Gasteiger partial charge in [0.25, 0.3) is 0 Å². The number of likely N-dealkylation sites (N-methyl/N-ethyl adjacent to an activating group) is 1. The average Bonchev–Trinajstić information content (AvgIpc) is 2.70. The van der Waals surface area contributed by atoms with E-state index >= 15 is 0 Å². The van der Waals surface area contributed by atoms with Gasteiger partial charge in [-0.05, 0) is 44.8 Å². The molecule has 1 heterocycles. The molecule has 0 amide bonds. The Labute approximate surface area is 120 Å². The number of hydrogen-bond donors (Lipinski definition) is 1. The fraction of sp³-hybridized carbons (Fsp3) is 1.00. The minimum absolute atomic E-state index is 0.413. The molecule has 1 fully saturated rings. The van der Waals surface area contributed by atoms with Crippen LogP contribution in [0.25, 0.3) is 0 Å². The minimum atomic E-state index is 0.413. The molecule has 0 bridgehead atoms. The van der Waals surface area contributed by atoms with Crippen LogP contribution in [0.2, 0.25) is 0 Å². The Morgan fingerprint density at radius 1 is 1.26 bits per heavy atom. The lowest BCUT2D eigenvalue weighted by Crippen LogP contribution is -2.42. The van der Waals surface area contributed by atoms with Crippen molar-refractivity contribution < 1.29 is 0 Å². The second-order valence-electron chi connectivity index (χ2n) is 7.04. The molecular formula is C16H35N3. The number of rotatable bonds is 8. The van der Waals surface area contributed by atoms with Gasteiger partial charge in [0.2, 0.25) is 0 Å². The maximum absolute atomic E-state index is 3.61. The SMILES string of the molecule is CCCNCC(C)(CC)CN1CC(C)C(N(C)C)C1. The van der Waals surface area contributed by atoms with Gasteiger partial charge in [-0.1, -0.05) is 27.7 Å². The summed E-state index contributed by atoms with van der Waals surface area (Å²) < 4.78 is 0. The summed E-state index contributed by atoms with van der Waals surface area (Å²) in [7, 11) is 4.43. The zero-order valence-electron chi connectivity index (χ0n) is 14.0. The first-order valence-corrected chi connectivity index (χ1v) is 8.01. The number of hydrogen-bond acceptors (Lipinski definition) is 3. The monoisotopic (exact) mass is 269 g/mol. The van der Waals surface area contributed by atoms with E-state index < -0.39 is 0 Å². The molecule has 3 nitrogen and oxygen atoms in total. The predicted octanol–water partition coefficient (Wildman–Crippen LogP) is 2.28. The molecule has 0 saturated carbocycles. The summed E-state index contributed by atoms with van der Waals surface area (Å²) in [5, 5.41) is 3.61. The van der Waals surface area contributed by atoms with Gasteiger partial charge in [0.05, 0.1) is 0 Å². The van der Waals surface area contributed by atoms with Gasteiger partial charge in [0.15, 0.2) is 0 Å². The molecule has 19 heavy (non-hydrogen) atoms. The van der Waals surface area contributed by atoms with E-state index in [1.807, 2.05) is 0 Å². The van der Waals surface area contributed by atoms with Gasteiger partial charge in [-0.3, -0.25) is 0 Å². The van der Waals surface area contributed by atoms with Gasteiger partial charge in [-0.2, -0.15) is 0 Å². The van der Waals surface area contributed by atoms with Gasteiger partial charge in [-0.15, -0.1) is 0 Å². The standard InChI is InChI=1S/C16H35N3/c1-7-9-17-12-16(4,8-2)13-19-10-14(3)15(11-19)18(5)6/h14-15,17H,7-13H2,1-6H3. The average molecular weight is 269 g/mol. The molecule has 3 atom stereocenters. The normalized spacial score (nSPS) is 27.9. The van der Waals surface area contributed by atoms with Gasteiger partial charge < -0.3 is 15.1 Å². The maximum Gasteiger partial charge on any atom is 0.0254 e. The van der Waals surface area contributed by atoms with Crippen LogP contribution in [0.5, 0.6) is 0 Å². The molecular weight excluding hydrogens is 234 g/mol. The Morgan fingerprint density at radius 2 is 1.95 bits per heavy atom. The Morgan fingerprint density at radius 3 is 2.42 bits per heavy atom. The smallest absolute Gasteiger partial charge is 0.0254 e. The van der Waals surface area contributed by atoms with Crippen molar-refractivity contribution in [1.82, 2.24) is 15.1 Å². The summed E-state index contributed by atoms with van der Waals surface area (Å²) in [6, 6.07) is 0.727. The zero-order chi connectivity index (χ0) is 14.5. The van der Waals surface area contributed by atoms with E-state index in [9.17, 15) is 0 Å². The van der Waals surface area contributed by atoms with Crippen molar-refractivity contribution in [3.8, 4) is 0 Å². The third-order valence-corrected chi connectivity index (χ3v) is 4.75. The zero-order valence-corrected chi connectivity index (χ0v) is 14.0. The summed E-state index contributed by atoms with van der Waals surface area (Å²) in [6.45, 7) is 15.4. The molecule has 1 saturated heterocycles. The highest BCUT2D eigenvalue weighted by Gasteiger charge is 2.34. The van der Waals surface area contributed by atoms with Crippen molar-refractivity contribution in [3.63, 3.8) is 0 Å². The van der Waals surface area contributed by atoms with Crippen molar-refractivity contribution in [2.24, 2.45) is 11.3 Å². The van der Waals surface area contributed by atoms with Crippen molar-refractivity contribution in [2.45, 2.75) is 46.6 Å². The summed E-state index contributed by atoms with van der Waals surface area (Å²) in [5.74, 6) is 0.791. The molecule has 1 aliphatic heterocycles. The number of nitrogens with zero attached hydrogens (tertiary/aromatic N) is 2. The van der Waals surface area contributed by atoms with Crippen LogP contribution in [0, 0.1) is 11.3 Å². The molecule has 1 aliphatic rings. The molecule has 114 valence electrons. The Kier molecular flexibility index (Phi) is 6.78. The first-order valence-electron chi connectivity index (χ1n) is 8.01. The van der Waals surface area contributed by atoms with E-state index in [1.165, 1.54) is 32.5 Å². The maximum atomic E-state index is 3.61. The second-order valence-corrected chi connectivity index (χ2v) is 7.04. The second kappa shape index (κ2) is 7.61. The first-order chi connectivity index (χ1) is 8.91. The molecule has 0 aliphatic carbocycles. The molecule has 1 rings (SSSR count). The Balaban J connectivity index is 2.48. The van der Waals surface area contributed by atoms with Crippen molar-refractivity contribution >= 4 is 0 Å². The third-order valence-electron chi connectivity index (χ3n) is 4.75. The Hall–Kier alpha value is -0.120. The molecule has 1 N–H and O–H groups in total. The Bertz CT molecular complexity index is 254. The van der Waals surface area contributed by atoms with E-state index in [2.05, 4.69) is 56.9 Å². The van der Waals surface area contributed by atoms with Crippen LogP contribution in [0.1, 0.15) is 40.5 Å². The highest BCUT2D eigenvalue weighted by molar-refractivity contribution is 4.90. The number of likely N-dealkylation sites (tertiary alicyclic amines) is 1. The van der Waals surface area contributed by atoms with Crippen LogP contribution < -0.4 is 5.32 Å². The molecule has 0 aromatic carbocycles. The van der Waals surface area contributed by atoms with Crippen LogP contribution in [-0.4, -0.2) is 62.7 Å². The molecule has 3 unspecified atom stereocenters. The third kappa shape index (κ3) is 5.05. The van der Waals surface area contributed by atoms with Gasteiger partial charge in [-0.25, -0.2) is 0 Å². The molecule has 0 radical (unpaired) electrons. The highest BCUT2D eigenvalue weighted by atomic mass is 15.2. The summed E-state index contributed by atoms with van der Waals surface area (Å²) >= 11 is 0. The van der Waals surface area contributed by atoms with Crippen molar-refractivity contribution in [3.05, 3.63) is 0 Å². The van der Waals surface area contributed by atoms with Crippen molar-refractivity contribution in [2.75, 3.05) is 46.8 Å². The highest BCUT2D eigenvalue weighted by Crippen LogP contribution is 2.27. The van der Waals surface area contributed by atoms with Gasteiger partial charge >= 0.3 is 0 Å². The lowest BCUT2D eigenvalue weighted by Gasteiger charge is -2.33. The predicted molar refractivity (Wildman–Crippen MR) is 84.6 cm³/mol. The molecule has 0 spiro atoms. The van der Waals surface area contributed by atoms with Crippen LogP contribution in [0.3, 0.4) is 0 Å². The van der Waals surface area contributed by atoms with E-state index in [0.29, 0.717) is 5.41 Å². The van der Waals surface area contributed by atoms with Crippen LogP contribution in [-0.2, 0) is 0 Å². The lowest BCUT2D eigenvalue weighted by molar-refractivity contribution is 0.169. The summed E-state index contributed by atoms with van der Waals surface area (Å²) in [4.78, 5) is 5.07. The van der Waals surface area contributed by atoms with Crippen LogP contribution in [0.4, 0.5) is 0 Å². The first kappa shape index (κ1) is 16.9. The largest absolute Gasteiger partial charge is 0.316 e. The summed E-state index contributed by atoms with van der Waals surface area (Å²) in [6.07, 6.45) is 2.48. The van der Waals surface area contributed by atoms with E-state index in [0.717, 1.165) is 25.0 Å². The molecule has 0 aromatic rings. The topological polar surface area (TPSA) is 18.5 Å². The van der Waals surface area contributed by atoms with E-state index in [1.54, 1.807) is 0 Å². The molecule has 3 heteroatoms. The quantitative estimate of drug-likeness (QED) is 0.682.